The predicted molar refractivity (Wildman–Crippen MR) is 148 cm³/mol. The minimum absolute atomic E-state index is 0.0725. The first-order chi connectivity index (χ1) is 17.8. The molecule has 0 saturated carbocycles. The van der Waals surface area contributed by atoms with Gasteiger partial charge in [0, 0.05) is 64.2 Å². The Kier molecular flexibility index (Phi) is 7.59. The Hall–Kier alpha value is -2.83. The van der Waals surface area contributed by atoms with Crippen molar-refractivity contribution in [3.8, 4) is 0 Å². The number of fused-ring (bicyclic) bond motifs is 1. The number of carbonyl (C=O) groups excluding carboxylic acids is 2. The lowest BCUT2D eigenvalue weighted by atomic mass is 10.2. The maximum Gasteiger partial charge on any atom is 0.284 e. The molecule has 1 saturated heterocycles. The van der Waals surface area contributed by atoms with Crippen LogP contribution in [0, 0.1) is 9.10 Å². The van der Waals surface area contributed by atoms with Crippen LogP contribution in [0.1, 0.15) is 18.1 Å². The maximum absolute atomic E-state index is 13.4. The van der Waals surface area contributed by atoms with Gasteiger partial charge in [-0.2, -0.15) is 0 Å². The van der Waals surface area contributed by atoms with Gasteiger partial charge in [0.1, 0.15) is 15.6 Å². The van der Waals surface area contributed by atoms with E-state index in [1.807, 2.05) is 18.2 Å². The zero-order valence-corrected chi connectivity index (χ0v) is 23.1. The molecule has 194 valence electrons. The van der Waals surface area contributed by atoms with Gasteiger partial charge in [0.15, 0.2) is 0 Å². The number of aromatic nitrogens is 2. The molecule has 37 heavy (non-hydrogen) atoms. The molecule has 8 nitrogen and oxygen atoms in total. The molecule has 1 aromatic heterocycles. The van der Waals surface area contributed by atoms with Crippen molar-refractivity contribution < 1.29 is 14.0 Å². The average molecular weight is 638 g/mol. The molecule has 2 amide bonds. The summed E-state index contributed by atoms with van der Waals surface area (Å²) in [6, 6.07) is 14.3. The van der Waals surface area contributed by atoms with E-state index in [0.717, 1.165) is 19.6 Å². The summed E-state index contributed by atoms with van der Waals surface area (Å²) in [6.07, 6.45) is 0. The van der Waals surface area contributed by atoms with Crippen molar-refractivity contribution in [3.63, 3.8) is 0 Å². The number of amides is 2. The van der Waals surface area contributed by atoms with Crippen LogP contribution in [-0.2, 0) is 17.9 Å². The van der Waals surface area contributed by atoms with Crippen LogP contribution in [0.4, 0.5) is 9.18 Å². The second kappa shape index (κ2) is 10.9. The highest BCUT2D eigenvalue weighted by Gasteiger charge is 2.28. The van der Waals surface area contributed by atoms with Gasteiger partial charge in [0.2, 0.25) is 5.91 Å². The topological polar surface area (TPSA) is 81.6 Å². The molecule has 0 radical (unpaired) electrons. The smallest absolute Gasteiger partial charge is 0.284 e. The monoisotopic (exact) mass is 637 g/mol. The molecule has 11 heteroatoms. The Morgan fingerprint density at radius 2 is 1.78 bits per heavy atom. The summed E-state index contributed by atoms with van der Waals surface area (Å²) in [4.78, 5) is 44.9. The molecule has 3 heterocycles. The van der Waals surface area contributed by atoms with Gasteiger partial charge in [-0.1, -0.05) is 48.0 Å². The van der Waals surface area contributed by atoms with Crippen molar-refractivity contribution in [2.75, 3.05) is 32.7 Å². The standard InChI is InChI=1S/C26H26ClFIN5O3/c1-17-23-24(30-34(25(23)36)15-19-7-8-20(28)13-21(19)27)29-26(37)33(17)16-22(35)32-11-9-31(10-12-32)14-18-5-3-2-4-6-18/h2-8,13,30H,9-12,14-16H2,1H3. The summed E-state index contributed by atoms with van der Waals surface area (Å²) in [7, 11) is 0. The zero-order chi connectivity index (χ0) is 26.1. The van der Waals surface area contributed by atoms with Gasteiger partial charge in [0.25, 0.3) is 9.47 Å². The Bertz CT molecular complexity index is 1530. The molecule has 0 unspecified atom stereocenters. The fourth-order valence-electron chi connectivity index (χ4n) is 4.58. The molecule has 3 aromatic rings. The van der Waals surface area contributed by atoms with Crippen LogP contribution in [0.5, 0.6) is 0 Å². The molecule has 2 aromatic carbocycles. The normalized spacial score (nSPS) is 16.3. The molecule has 0 atom stereocenters. The number of nitrogens with zero attached hydrogens (tertiary/aromatic N) is 4. The highest BCUT2D eigenvalue weighted by molar-refractivity contribution is 14.2. The Morgan fingerprint density at radius 1 is 1.05 bits per heavy atom. The number of aromatic amines is 1. The Balaban J connectivity index is 1.29. The molecule has 0 bridgehead atoms. The molecule has 0 aliphatic carbocycles. The van der Waals surface area contributed by atoms with E-state index in [4.69, 9.17) is 11.6 Å². The first-order valence-electron chi connectivity index (χ1n) is 11.9. The Labute approximate surface area is 227 Å². The maximum atomic E-state index is 13.4. The second-order valence-corrected chi connectivity index (χ2v) is 12.0. The van der Waals surface area contributed by atoms with Crippen molar-refractivity contribution in [3.05, 3.63) is 89.4 Å². The minimum atomic E-state index is -1.19. The van der Waals surface area contributed by atoms with Crippen molar-refractivity contribution in [1.29, 1.82) is 0 Å². The number of hydrogen-bond acceptors (Lipinski definition) is 4. The summed E-state index contributed by atoms with van der Waals surface area (Å²) >= 11 is 4.95. The first-order valence-corrected chi connectivity index (χ1v) is 14.4. The quantitative estimate of drug-likeness (QED) is 0.256. The van der Waals surface area contributed by atoms with Crippen LogP contribution in [0.15, 0.2) is 53.3 Å². The largest absolute Gasteiger partial charge is 0.339 e. The lowest BCUT2D eigenvalue weighted by Gasteiger charge is -2.36. The van der Waals surface area contributed by atoms with Crippen molar-refractivity contribution in [1.82, 2.24) is 24.5 Å². The van der Waals surface area contributed by atoms with Crippen LogP contribution < -0.4 is 10.8 Å². The van der Waals surface area contributed by atoms with Crippen molar-refractivity contribution in [2.45, 2.75) is 20.0 Å². The van der Waals surface area contributed by atoms with Crippen LogP contribution in [0.25, 0.3) is 5.70 Å². The van der Waals surface area contributed by atoms with Gasteiger partial charge >= 0.3 is 0 Å². The van der Waals surface area contributed by atoms with E-state index in [0.29, 0.717) is 32.9 Å². The van der Waals surface area contributed by atoms with Gasteiger partial charge in [-0.3, -0.25) is 29.3 Å². The Morgan fingerprint density at radius 3 is 2.49 bits per heavy atom. The molecule has 1 fully saturated rings. The third-order valence-electron chi connectivity index (χ3n) is 6.68. The molecule has 2 aliphatic rings. The predicted octanol–water partition coefficient (Wildman–Crippen LogP) is 3.15. The SMILES string of the molecule is CC1=c2c([nH]n(Cc3ccc(F)cc3Cl)c2=O)=IC(=O)N1CC(=O)N1CCN(Cc2ccccc2)CC1. The number of H-pyrrole nitrogens is 1. The number of halogens is 3. The van der Waals surface area contributed by atoms with Crippen molar-refractivity contribution in [2.24, 2.45) is 0 Å². The van der Waals surface area contributed by atoms with E-state index in [1.54, 1.807) is 11.8 Å². The number of nitrogens with one attached hydrogen (secondary N) is 1. The summed E-state index contributed by atoms with van der Waals surface area (Å²) in [5.74, 6) is -0.570. The van der Waals surface area contributed by atoms with Crippen LogP contribution in [0.3, 0.4) is 0 Å². The van der Waals surface area contributed by atoms with E-state index in [1.165, 1.54) is 33.3 Å². The highest BCUT2D eigenvalue weighted by Crippen LogP contribution is 2.21. The molecular formula is C26H26ClFIN5O3. The summed E-state index contributed by atoms with van der Waals surface area (Å²) < 4.78 is 15.3. The van der Waals surface area contributed by atoms with Crippen LogP contribution in [-0.4, -0.2) is 67.0 Å². The zero-order valence-electron chi connectivity index (χ0n) is 20.2. The average Bonchev–Trinajstić information content (AvgIpc) is 3.19. The number of rotatable bonds is 6. The van der Waals surface area contributed by atoms with E-state index in [9.17, 15) is 18.8 Å². The van der Waals surface area contributed by atoms with Gasteiger partial charge in [-0.05, 0) is 30.2 Å². The number of hydrogen-bond donors (Lipinski definition) is 1. The molecule has 5 rings (SSSR count). The highest BCUT2D eigenvalue weighted by atomic mass is 127. The fourth-order valence-corrected chi connectivity index (χ4v) is 7.39. The first kappa shape index (κ1) is 25.8. The third kappa shape index (κ3) is 5.55. The third-order valence-corrected chi connectivity index (χ3v) is 9.39. The van der Waals surface area contributed by atoms with Gasteiger partial charge in [-0.15, -0.1) is 0 Å². The van der Waals surface area contributed by atoms with E-state index in [-0.39, 0.29) is 33.5 Å². The number of piperazine rings is 1. The lowest BCUT2D eigenvalue weighted by molar-refractivity contribution is -0.133. The minimum Gasteiger partial charge on any atom is -0.339 e. The number of benzene rings is 2. The van der Waals surface area contributed by atoms with Gasteiger partial charge in [-0.25, -0.2) is 9.07 Å². The summed E-state index contributed by atoms with van der Waals surface area (Å²) in [5, 5.41) is 3.71. The van der Waals surface area contributed by atoms with Crippen LogP contribution >= 0.6 is 32.3 Å². The van der Waals surface area contributed by atoms with E-state index < -0.39 is 26.5 Å². The molecule has 2 aliphatic heterocycles. The summed E-state index contributed by atoms with van der Waals surface area (Å²) in [6.45, 7) is 5.33. The van der Waals surface area contributed by atoms with E-state index >= 15 is 0 Å². The van der Waals surface area contributed by atoms with Crippen molar-refractivity contribution >= 4 is 47.8 Å². The molecule has 1 N–H and O–H groups in total. The van der Waals surface area contributed by atoms with E-state index in [2.05, 4.69) is 22.1 Å². The lowest BCUT2D eigenvalue weighted by Crippen LogP contribution is -2.51. The number of carbonyl (C=O) groups is 2. The second-order valence-electron chi connectivity index (χ2n) is 9.09. The van der Waals surface area contributed by atoms with Gasteiger partial charge in [0.05, 0.1) is 11.8 Å². The molecule has 0 spiro atoms. The van der Waals surface area contributed by atoms with Gasteiger partial charge < -0.3 is 4.90 Å². The summed E-state index contributed by atoms with van der Waals surface area (Å²) in [5.41, 5.74) is 2.02. The fraction of sp³-hybridized carbons (Fsp3) is 0.308. The van der Waals surface area contributed by atoms with Crippen LogP contribution in [0.2, 0.25) is 5.02 Å². The molecular weight excluding hydrogens is 612 g/mol.